The van der Waals surface area contributed by atoms with Crippen LogP contribution in [0.25, 0.3) is 0 Å². The van der Waals surface area contributed by atoms with Crippen molar-refractivity contribution >= 4 is 30.2 Å². The maximum atomic E-state index is 12.7. The van der Waals surface area contributed by atoms with E-state index in [1.807, 2.05) is 0 Å². The van der Waals surface area contributed by atoms with Gasteiger partial charge in [0.25, 0.3) is 24.4 Å². The van der Waals surface area contributed by atoms with Crippen LogP contribution in [0.2, 0.25) is 0 Å². The standard InChI is InChI=1S/C18H22N4O3S.2CH2O2/c23-16-10-19-15(9-20-16)17(24)22-6-7-25-18(13-22)2-4-21(5-3-18)11-14-1-8-26-12-14;2*2-1-3/h1,8-10,12H,2-7,11,13H2,(H,20,23);2*1H,(H,2,3). The van der Waals surface area contributed by atoms with E-state index >= 15 is 0 Å². The van der Waals surface area contributed by atoms with Crippen molar-refractivity contribution in [3.63, 3.8) is 0 Å². The van der Waals surface area contributed by atoms with E-state index in [1.54, 1.807) is 16.2 Å². The molecule has 0 saturated carbocycles. The molecule has 1 spiro atoms. The number of carbonyl (C=O) groups excluding carboxylic acids is 1. The minimum absolute atomic E-state index is 0.148. The van der Waals surface area contributed by atoms with Crippen LogP contribution >= 0.6 is 11.3 Å². The van der Waals surface area contributed by atoms with E-state index in [0.29, 0.717) is 19.7 Å². The first-order valence-corrected chi connectivity index (χ1v) is 10.8. The molecule has 0 bridgehead atoms. The molecule has 2 saturated heterocycles. The van der Waals surface area contributed by atoms with E-state index < -0.39 is 0 Å². The summed E-state index contributed by atoms with van der Waals surface area (Å²) >= 11 is 1.73. The Kier molecular flexibility index (Phi) is 9.98. The summed E-state index contributed by atoms with van der Waals surface area (Å²) in [4.78, 5) is 51.3. The number of aromatic amines is 1. The number of likely N-dealkylation sites (tertiary alicyclic amines) is 1. The van der Waals surface area contributed by atoms with Crippen LogP contribution in [-0.4, -0.2) is 87.2 Å². The Morgan fingerprint density at radius 1 is 1.25 bits per heavy atom. The minimum Gasteiger partial charge on any atom is -0.483 e. The summed E-state index contributed by atoms with van der Waals surface area (Å²) in [6.07, 6.45) is 4.36. The normalized spacial score (nSPS) is 17.3. The monoisotopic (exact) mass is 466 g/mol. The van der Waals surface area contributed by atoms with Crippen molar-refractivity contribution in [1.29, 1.82) is 0 Å². The molecule has 2 aliphatic heterocycles. The number of H-pyrrole nitrogens is 1. The highest BCUT2D eigenvalue weighted by atomic mass is 32.1. The van der Waals surface area contributed by atoms with Crippen LogP contribution in [0.15, 0.2) is 34.0 Å². The molecule has 0 radical (unpaired) electrons. The van der Waals surface area contributed by atoms with Gasteiger partial charge in [-0.2, -0.15) is 11.3 Å². The number of aromatic nitrogens is 2. The average Bonchev–Trinajstić information content (AvgIpc) is 3.30. The van der Waals surface area contributed by atoms with Gasteiger partial charge in [0, 0.05) is 32.4 Å². The van der Waals surface area contributed by atoms with Gasteiger partial charge in [-0.15, -0.1) is 0 Å². The van der Waals surface area contributed by atoms with Gasteiger partial charge < -0.3 is 24.8 Å². The summed E-state index contributed by atoms with van der Waals surface area (Å²) in [5, 5.41) is 18.1. The van der Waals surface area contributed by atoms with Gasteiger partial charge in [0.2, 0.25) is 0 Å². The van der Waals surface area contributed by atoms with Crippen LogP contribution in [0.5, 0.6) is 0 Å². The number of amides is 1. The van der Waals surface area contributed by atoms with Gasteiger partial charge >= 0.3 is 0 Å². The lowest BCUT2D eigenvalue weighted by molar-refractivity contribution is -0.128. The van der Waals surface area contributed by atoms with E-state index in [9.17, 15) is 9.59 Å². The second-order valence-electron chi connectivity index (χ2n) is 7.17. The lowest BCUT2D eigenvalue weighted by Crippen LogP contribution is -2.58. The third-order valence-electron chi connectivity index (χ3n) is 5.18. The third-order valence-corrected chi connectivity index (χ3v) is 5.91. The van der Waals surface area contributed by atoms with Gasteiger partial charge in [0.05, 0.1) is 24.9 Å². The number of thiophene rings is 1. The Morgan fingerprint density at radius 2 is 1.94 bits per heavy atom. The lowest BCUT2D eigenvalue weighted by Gasteiger charge is -2.47. The first kappa shape index (κ1) is 25.2. The molecular formula is C20H26N4O7S. The molecule has 4 rings (SSSR count). The van der Waals surface area contributed by atoms with Crippen LogP contribution in [0.3, 0.4) is 0 Å². The van der Waals surface area contributed by atoms with Crippen LogP contribution in [-0.2, 0) is 20.9 Å². The highest BCUT2D eigenvalue weighted by Crippen LogP contribution is 2.31. The molecule has 0 aromatic carbocycles. The first-order valence-electron chi connectivity index (χ1n) is 9.84. The summed E-state index contributed by atoms with van der Waals surface area (Å²) < 4.78 is 6.13. The van der Waals surface area contributed by atoms with Gasteiger partial charge in [-0.3, -0.25) is 24.1 Å². The van der Waals surface area contributed by atoms with E-state index in [2.05, 4.69) is 31.7 Å². The predicted molar refractivity (Wildman–Crippen MR) is 116 cm³/mol. The fourth-order valence-corrected chi connectivity index (χ4v) is 4.36. The molecular weight excluding hydrogens is 440 g/mol. The van der Waals surface area contributed by atoms with Crippen LogP contribution in [0.4, 0.5) is 0 Å². The fraction of sp³-hybridized carbons (Fsp3) is 0.450. The molecule has 0 atom stereocenters. The number of nitrogens with one attached hydrogen (secondary N) is 1. The number of ether oxygens (including phenoxy) is 1. The number of hydrogen-bond acceptors (Lipinski definition) is 8. The Labute approximate surface area is 188 Å². The third kappa shape index (κ3) is 7.25. The van der Waals surface area contributed by atoms with Crippen molar-refractivity contribution in [2.24, 2.45) is 0 Å². The molecule has 32 heavy (non-hydrogen) atoms. The molecule has 4 heterocycles. The maximum absolute atomic E-state index is 12.7. The largest absolute Gasteiger partial charge is 0.483 e. The molecule has 2 fully saturated rings. The summed E-state index contributed by atoms with van der Waals surface area (Å²) in [7, 11) is 0. The number of piperidine rings is 1. The van der Waals surface area contributed by atoms with Gasteiger partial charge in [0.15, 0.2) is 0 Å². The summed E-state index contributed by atoms with van der Waals surface area (Å²) in [5.74, 6) is -0.148. The van der Waals surface area contributed by atoms with Crippen molar-refractivity contribution in [3.05, 3.63) is 50.8 Å². The molecule has 2 aliphatic rings. The SMILES string of the molecule is O=C(c1c[nH]c(=O)cn1)N1CCOC2(CCN(Cc3ccsc3)CC2)C1.O=CO.O=CO. The molecule has 12 heteroatoms. The van der Waals surface area contributed by atoms with E-state index in [1.165, 1.54) is 11.8 Å². The predicted octanol–water partition coefficient (Wildman–Crippen LogP) is 0.740. The second-order valence-corrected chi connectivity index (χ2v) is 7.95. The average molecular weight is 467 g/mol. The maximum Gasteiger partial charge on any atom is 0.290 e. The zero-order valence-corrected chi connectivity index (χ0v) is 18.2. The first-order chi connectivity index (χ1) is 15.5. The fourth-order valence-electron chi connectivity index (χ4n) is 3.70. The molecule has 2 aromatic rings. The van der Waals surface area contributed by atoms with Crippen molar-refractivity contribution in [2.75, 3.05) is 32.8 Å². The van der Waals surface area contributed by atoms with Gasteiger partial charge in [-0.05, 0) is 35.2 Å². The van der Waals surface area contributed by atoms with E-state index in [0.717, 1.165) is 38.7 Å². The Balaban J connectivity index is 0.000000547. The second kappa shape index (κ2) is 12.7. The van der Waals surface area contributed by atoms with Gasteiger partial charge in [-0.25, -0.2) is 4.98 Å². The molecule has 174 valence electrons. The van der Waals surface area contributed by atoms with Crippen LogP contribution in [0.1, 0.15) is 28.9 Å². The summed E-state index contributed by atoms with van der Waals surface area (Å²) in [5.41, 5.74) is 1.06. The Bertz CT molecular complexity index is 884. The topological polar surface area (TPSA) is 153 Å². The minimum atomic E-state index is -0.307. The molecule has 0 aliphatic carbocycles. The zero-order valence-electron chi connectivity index (χ0n) is 17.4. The number of carboxylic acid groups (broad SMARTS) is 2. The number of nitrogens with zero attached hydrogens (tertiary/aromatic N) is 3. The quantitative estimate of drug-likeness (QED) is 0.556. The smallest absolute Gasteiger partial charge is 0.290 e. The Morgan fingerprint density at radius 3 is 2.50 bits per heavy atom. The summed E-state index contributed by atoms with van der Waals surface area (Å²) in [6, 6.07) is 2.17. The van der Waals surface area contributed by atoms with Gasteiger partial charge in [0.1, 0.15) is 5.69 Å². The zero-order chi connectivity index (χ0) is 23.4. The van der Waals surface area contributed by atoms with E-state index in [-0.39, 0.29) is 35.7 Å². The molecule has 2 aromatic heterocycles. The van der Waals surface area contributed by atoms with Crippen molar-refractivity contribution in [3.8, 4) is 0 Å². The van der Waals surface area contributed by atoms with Crippen molar-refractivity contribution in [1.82, 2.24) is 19.8 Å². The van der Waals surface area contributed by atoms with Crippen molar-refractivity contribution < 1.29 is 29.3 Å². The number of hydrogen-bond donors (Lipinski definition) is 3. The molecule has 1 amide bonds. The molecule has 11 nitrogen and oxygen atoms in total. The Hall–Kier alpha value is -3.09. The molecule has 0 unspecified atom stereocenters. The summed E-state index contributed by atoms with van der Waals surface area (Å²) in [6.45, 7) is 4.09. The van der Waals surface area contributed by atoms with Crippen LogP contribution < -0.4 is 5.56 Å². The highest BCUT2D eigenvalue weighted by Gasteiger charge is 2.41. The number of rotatable bonds is 3. The van der Waals surface area contributed by atoms with Crippen molar-refractivity contribution in [2.45, 2.75) is 25.0 Å². The highest BCUT2D eigenvalue weighted by molar-refractivity contribution is 7.07. The van der Waals surface area contributed by atoms with Crippen LogP contribution in [0, 0.1) is 0 Å². The lowest BCUT2D eigenvalue weighted by atomic mass is 9.89. The number of morpholine rings is 1. The van der Waals surface area contributed by atoms with Gasteiger partial charge in [-0.1, -0.05) is 0 Å². The van der Waals surface area contributed by atoms with E-state index in [4.69, 9.17) is 24.5 Å². The number of carbonyl (C=O) groups is 3. The molecule has 3 N–H and O–H groups in total.